The van der Waals surface area contributed by atoms with E-state index in [1.165, 1.54) is 24.1 Å². The minimum atomic E-state index is -0.488. The Hall–Kier alpha value is -2.32. The Labute approximate surface area is 216 Å². The van der Waals surface area contributed by atoms with Crippen molar-refractivity contribution >= 4 is 28.0 Å². The fraction of sp³-hybridized carbons (Fsp3) is 0.607. The lowest BCUT2D eigenvalue weighted by Gasteiger charge is -2.30. The summed E-state index contributed by atoms with van der Waals surface area (Å²) in [6, 6.07) is 5.86. The van der Waals surface area contributed by atoms with Crippen molar-refractivity contribution in [3.63, 3.8) is 0 Å². The third-order valence-corrected chi connectivity index (χ3v) is 8.91. The largest absolute Gasteiger partial charge is 0.464 e. The van der Waals surface area contributed by atoms with E-state index in [0.717, 1.165) is 73.4 Å². The second-order valence-electron chi connectivity index (χ2n) is 10.6. The smallest absolute Gasteiger partial charge is 0.273 e. The Balaban J connectivity index is 1.05. The number of rotatable bonds is 9. The number of ketones is 1. The fourth-order valence-corrected chi connectivity index (χ4v) is 6.77. The van der Waals surface area contributed by atoms with E-state index in [0.29, 0.717) is 17.5 Å². The minimum absolute atomic E-state index is 0.260. The van der Waals surface area contributed by atoms with Gasteiger partial charge in [0.05, 0.1) is 11.2 Å². The van der Waals surface area contributed by atoms with Gasteiger partial charge in [-0.25, -0.2) is 9.37 Å². The highest BCUT2D eigenvalue weighted by Gasteiger charge is 2.26. The molecule has 2 aliphatic rings. The Bertz CT molecular complexity index is 1160. The van der Waals surface area contributed by atoms with Crippen LogP contribution in [0.5, 0.6) is 5.19 Å². The lowest BCUT2D eigenvalue weighted by Crippen LogP contribution is -2.29. The Morgan fingerprint density at radius 3 is 2.78 bits per heavy atom. The number of alkyl halides is 1. The van der Waals surface area contributed by atoms with Gasteiger partial charge in [0.25, 0.3) is 5.19 Å². The average Bonchev–Trinajstić information content (AvgIpc) is 3.40. The topological polar surface area (TPSA) is 60.2 Å². The van der Waals surface area contributed by atoms with Crippen molar-refractivity contribution in [1.29, 1.82) is 0 Å². The Morgan fingerprint density at radius 2 is 1.97 bits per heavy atom. The van der Waals surface area contributed by atoms with Crippen LogP contribution in [0.4, 0.5) is 4.39 Å². The molecule has 1 fully saturated rings. The van der Waals surface area contributed by atoms with E-state index in [1.807, 2.05) is 31.4 Å². The summed E-state index contributed by atoms with van der Waals surface area (Å²) in [4.78, 5) is 21.6. The van der Waals surface area contributed by atoms with Gasteiger partial charge in [0.2, 0.25) is 0 Å². The van der Waals surface area contributed by atoms with Crippen LogP contribution in [-0.2, 0) is 19.9 Å². The number of aryl methyl sites for hydroxylation is 1. The number of ether oxygens (including phenoxy) is 1. The monoisotopic (exact) mass is 512 g/mol. The number of halogens is 1. The van der Waals surface area contributed by atoms with E-state index in [4.69, 9.17) is 4.74 Å². The number of thiazole rings is 1. The van der Waals surface area contributed by atoms with Crippen molar-refractivity contribution in [1.82, 2.24) is 19.7 Å². The number of carbonyl (C=O) groups excluding carboxylic acids is 1. The molecule has 3 aromatic rings. The van der Waals surface area contributed by atoms with Crippen LogP contribution in [0.2, 0.25) is 0 Å². The van der Waals surface area contributed by atoms with Gasteiger partial charge in [-0.1, -0.05) is 36.3 Å². The number of benzene rings is 1. The predicted octanol–water partition coefficient (Wildman–Crippen LogP) is 5.64. The summed E-state index contributed by atoms with van der Waals surface area (Å²) in [6.07, 6.45) is 10.1. The molecule has 8 heteroatoms. The van der Waals surface area contributed by atoms with Crippen LogP contribution < -0.4 is 4.74 Å². The number of hydrogen-bond donors (Lipinski definition) is 0. The van der Waals surface area contributed by atoms with Crippen molar-refractivity contribution in [3.8, 4) is 5.19 Å². The van der Waals surface area contributed by atoms with Crippen molar-refractivity contribution in [3.05, 3.63) is 40.5 Å². The number of fused-ring (bicyclic) bond motifs is 2. The van der Waals surface area contributed by atoms with Gasteiger partial charge < -0.3 is 9.64 Å². The van der Waals surface area contributed by atoms with Gasteiger partial charge in [0.15, 0.2) is 5.78 Å². The van der Waals surface area contributed by atoms with E-state index in [-0.39, 0.29) is 5.78 Å². The summed E-state index contributed by atoms with van der Waals surface area (Å²) in [6.45, 7) is 4.46. The molecule has 1 aliphatic carbocycles. The lowest BCUT2D eigenvalue weighted by molar-refractivity contribution is 0.0942. The van der Waals surface area contributed by atoms with Crippen LogP contribution in [-0.4, -0.2) is 57.9 Å². The van der Waals surface area contributed by atoms with Crippen LogP contribution in [0.15, 0.2) is 24.4 Å². The van der Waals surface area contributed by atoms with Gasteiger partial charge in [-0.2, -0.15) is 5.10 Å². The molecule has 1 aromatic carbocycles. The van der Waals surface area contributed by atoms with E-state index < -0.39 is 12.8 Å². The zero-order valence-electron chi connectivity index (χ0n) is 21.4. The fourth-order valence-electron chi connectivity index (χ4n) is 5.73. The maximum Gasteiger partial charge on any atom is 0.273 e. The van der Waals surface area contributed by atoms with E-state index in [2.05, 4.69) is 15.0 Å². The van der Waals surface area contributed by atoms with Crippen LogP contribution >= 0.6 is 11.3 Å². The molecular formula is C28H37FN4O2S. The highest BCUT2D eigenvalue weighted by molar-refractivity contribution is 7.13. The van der Waals surface area contributed by atoms with Crippen molar-refractivity contribution in [2.75, 3.05) is 26.3 Å². The highest BCUT2D eigenvalue weighted by atomic mass is 32.1. The lowest BCUT2D eigenvalue weighted by atomic mass is 9.78. The maximum atomic E-state index is 13.1. The molecule has 0 amide bonds. The first-order valence-electron chi connectivity index (χ1n) is 13.4. The van der Waals surface area contributed by atoms with Gasteiger partial charge in [-0.15, -0.1) is 0 Å². The summed E-state index contributed by atoms with van der Waals surface area (Å²) < 4.78 is 20.1. The van der Waals surface area contributed by atoms with Gasteiger partial charge >= 0.3 is 0 Å². The first-order chi connectivity index (χ1) is 17.5. The standard InChI is InChI=1S/C28H37FN4O2S/c1-19(17-29)35-28-30-25-11-14-33(15-12-27(25)36-28)13-10-20-6-8-21(9-7-20)16-26(34)22-4-3-5-24-23(22)18-32(2)31-24/h3-5,18-21H,6-17H2,1-2H3. The zero-order chi connectivity index (χ0) is 25.1. The molecule has 6 nitrogen and oxygen atoms in total. The van der Waals surface area contributed by atoms with Crippen molar-refractivity contribution < 1.29 is 13.9 Å². The molecule has 0 saturated heterocycles. The second kappa shape index (κ2) is 11.4. The van der Waals surface area contributed by atoms with E-state index in [1.54, 1.807) is 22.9 Å². The first-order valence-corrected chi connectivity index (χ1v) is 14.2. The second-order valence-corrected chi connectivity index (χ2v) is 11.7. The quantitative estimate of drug-likeness (QED) is 0.348. The van der Waals surface area contributed by atoms with Crippen LogP contribution in [0.25, 0.3) is 10.9 Å². The third kappa shape index (κ3) is 5.97. The van der Waals surface area contributed by atoms with Gasteiger partial charge in [-0.3, -0.25) is 9.48 Å². The molecule has 1 aliphatic heterocycles. The van der Waals surface area contributed by atoms with Gasteiger partial charge in [-0.05, 0) is 57.1 Å². The molecule has 0 spiro atoms. The first kappa shape index (κ1) is 25.3. The summed E-state index contributed by atoms with van der Waals surface area (Å²) in [7, 11) is 1.90. The van der Waals surface area contributed by atoms with Crippen molar-refractivity contribution in [2.24, 2.45) is 18.9 Å². The third-order valence-electron chi connectivity index (χ3n) is 7.86. The molecule has 5 rings (SSSR count). The molecule has 1 saturated carbocycles. The van der Waals surface area contributed by atoms with E-state index in [9.17, 15) is 9.18 Å². The summed E-state index contributed by atoms with van der Waals surface area (Å²) in [5, 5.41) is 6.03. The molecule has 194 valence electrons. The summed E-state index contributed by atoms with van der Waals surface area (Å²) >= 11 is 1.59. The molecule has 0 radical (unpaired) electrons. The number of hydrogen-bond acceptors (Lipinski definition) is 6. The molecule has 2 aromatic heterocycles. The normalized spacial score (nSPS) is 21.8. The Morgan fingerprint density at radius 1 is 1.19 bits per heavy atom. The van der Waals surface area contributed by atoms with Gasteiger partial charge in [0.1, 0.15) is 12.8 Å². The number of nitrogens with zero attached hydrogens (tertiary/aromatic N) is 4. The van der Waals surface area contributed by atoms with E-state index >= 15 is 0 Å². The predicted molar refractivity (Wildman–Crippen MR) is 142 cm³/mol. The Kier molecular flexibility index (Phi) is 8.01. The number of carbonyl (C=O) groups is 1. The molecule has 1 atom stereocenters. The zero-order valence-corrected chi connectivity index (χ0v) is 22.2. The number of Topliss-reactive ketones (excluding diaryl/α,β-unsaturated/α-hetero) is 1. The molecule has 0 bridgehead atoms. The highest BCUT2D eigenvalue weighted by Crippen LogP contribution is 2.34. The average molecular weight is 513 g/mol. The minimum Gasteiger partial charge on any atom is -0.464 e. The van der Waals surface area contributed by atoms with Gasteiger partial charge in [0, 0.05) is 55.0 Å². The van der Waals surface area contributed by atoms with Crippen LogP contribution in [0.1, 0.15) is 66.4 Å². The van der Waals surface area contributed by atoms with Crippen LogP contribution in [0, 0.1) is 11.8 Å². The van der Waals surface area contributed by atoms with Crippen molar-refractivity contribution in [2.45, 2.75) is 64.4 Å². The molecule has 0 N–H and O–H groups in total. The molecule has 3 heterocycles. The molecular weight excluding hydrogens is 475 g/mol. The molecule has 1 unspecified atom stereocenters. The SMILES string of the molecule is CC(CF)Oc1nc2c(s1)CCN(CCC1CCC(CC(=O)c3cccc4nn(C)cc34)CC1)CC2. The van der Waals surface area contributed by atoms with Crippen LogP contribution in [0.3, 0.4) is 0 Å². The summed E-state index contributed by atoms with van der Waals surface area (Å²) in [5.41, 5.74) is 2.85. The molecule has 36 heavy (non-hydrogen) atoms. The number of aromatic nitrogens is 3. The summed E-state index contributed by atoms with van der Waals surface area (Å²) in [5.74, 6) is 1.52. The maximum absolute atomic E-state index is 13.1.